The van der Waals surface area contributed by atoms with Crippen molar-refractivity contribution in [2.24, 2.45) is 11.7 Å². The number of nitrogens with zero attached hydrogens (tertiary/aromatic N) is 2. The maximum atomic E-state index is 13.2. The molecule has 1 aliphatic heterocycles. The second-order valence-corrected chi connectivity index (χ2v) is 10.0. The molecule has 1 fully saturated rings. The number of nitrogens with one attached hydrogen (secondary N) is 3. The van der Waals surface area contributed by atoms with Crippen LogP contribution in [0.1, 0.15) is 44.4 Å². The van der Waals surface area contributed by atoms with Crippen LogP contribution >= 0.6 is 0 Å². The van der Waals surface area contributed by atoms with Crippen molar-refractivity contribution >= 4 is 27.7 Å². The molecule has 2 heterocycles. The number of nitrogen functional groups attached to an aromatic ring is 1. The molecule has 2 rings (SSSR count). The van der Waals surface area contributed by atoms with Gasteiger partial charge in [0.2, 0.25) is 21.8 Å². The number of aromatic nitrogens is 1. The Morgan fingerprint density at radius 3 is 2.69 bits per heavy atom. The SMILES string of the molecule is C=CCS(=O)(=O)NC(CC(C)C)C(=O)N1CCC[C@H]1C(=O)NCc1ccc(C(=N)N)nc1. The first-order valence-electron chi connectivity index (χ1n) is 10.5. The molecule has 0 saturated carbocycles. The lowest BCUT2D eigenvalue weighted by Gasteiger charge is -2.29. The fourth-order valence-corrected chi connectivity index (χ4v) is 4.63. The molecule has 0 aliphatic carbocycles. The van der Waals surface area contributed by atoms with Gasteiger partial charge in [-0.1, -0.05) is 26.0 Å². The summed E-state index contributed by atoms with van der Waals surface area (Å²) >= 11 is 0. The maximum absolute atomic E-state index is 13.2. The largest absolute Gasteiger partial charge is 0.382 e. The third kappa shape index (κ3) is 7.13. The zero-order valence-corrected chi connectivity index (χ0v) is 19.3. The summed E-state index contributed by atoms with van der Waals surface area (Å²) in [6, 6.07) is 1.72. The van der Waals surface area contributed by atoms with Crippen LogP contribution in [-0.2, 0) is 26.2 Å². The normalized spacial score (nSPS) is 17.2. The van der Waals surface area contributed by atoms with Gasteiger partial charge in [-0.25, -0.2) is 13.1 Å². The van der Waals surface area contributed by atoms with E-state index in [9.17, 15) is 18.0 Å². The van der Waals surface area contributed by atoms with Crippen molar-refractivity contribution in [1.29, 1.82) is 5.41 Å². The molecule has 1 aliphatic rings. The zero-order chi connectivity index (χ0) is 23.9. The van der Waals surface area contributed by atoms with Crippen LogP contribution in [0.3, 0.4) is 0 Å². The summed E-state index contributed by atoms with van der Waals surface area (Å²) in [5, 5.41) is 10.2. The molecule has 2 amide bonds. The Kier molecular flexibility index (Phi) is 8.90. The van der Waals surface area contributed by atoms with Gasteiger partial charge < -0.3 is 16.0 Å². The molecule has 1 aromatic rings. The molecular weight excluding hydrogens is 432 g/mol. The van der Waals surface area contributed by atoms with Crippen molar-refractivity contribution in [3.8, 4) is 0 Å². The van der Waals surface area contributed by atoms with Crippen LogP contribution in [0.5, 0.6) is 0 Å². The van der Waals surface area contributed by atoms with Crippen molar-refractivity contribution in [3.05, 3.63) is 42.2 Å². The van der Waals surface area contributed by atoms with E-state index < -0.39 is 28.0 Å². The van der Waals surface area contributed by atoms with Gasteiger partial charge in [-0.15, -0.1) is 6.58 Å². The molecule has 0 spiro atoms. The van der Waals surface area contributed by atoms with E-state index in [1.807, 2.05) is 13.8 Å². The van der Waals surface area contributed by atoms with Gasteiger partial charge >= 0.3 is 0 Å². The summed E-state index contributed by atoms with van der Waals surface area (Å²) in [6.07, 6.45) is 4.29. The lowest BCUT2D eigenvalue weighted by molar-refractivity contribution is -0.140. The lowest BCUT2D eigenvalue weighted by atomic mass is 10.0. The minimum absolute atomic E-state index is 0.0794. The van der Waals surface area contributed by atoms with Crippen molar-refractivity contribution in [3.63, 3.8) is 0 Å². The average Bonchev–Trinajstić information content (AvgIpc) is 3.20. The Bertz CT molecular complexity index is 946. The molecule has 5 N–H and O–H groups in total. The highest BCUT2D eigenvalue weighted by molar-refractivity contribution is 7.89. The molecule has 0 bridgehead atoms. The molecule has 1 saturated heterocycles. The lowest BCUT2D eigenvalue weighted by Crippen LogP contribution is -2.53. The smallest absolute Gasteiger partial charge is 0.243 e. The number of amides is 2. The highest BCUT2D eigenvalue weighted by atomic mass is 32.2. The van der Waals surface area contributed by atoms with Gasteiger partial charge in [-0.2, -0.15) is 0 Å². The zero-order valence-electron chi connectivity index (χ0n) is 18.5. The number of carbonyl (C=O) groups excluding carboxylic acids is 2. The second-order valence-electron chi connectivity index (χ2n) is 8.24. The summed E-state index contributed by atoms with van der Waals surface area (Å²) in [6.45, 7) is 7.86. The van der Waals surface area contributed by atoms with Crippen molar-refractivity contribution < 1.29 is 18.0 Å². The first kappa shape index (κ1) is 25.5. The number of rotatable bonds is 11. The van der Waals surface area contributed by atoms with E-state index in [1.54, 1.807) is 12.1 Å². The maximum Gasteiger partial charge on any atom is 0.243 e. The molecule has 176 valence electrons. The van der Waals surface area contributed by atoms with E-state index in [1.165, 1.54) is 17.2 Å². The first-order valence-corrected chi connectivity index (χ1v) is 12.2. The molecule has 0 radical (unpaired) electrons. The molecule has 0 aromatic carbocycles. The average molecular weight is 465 g/mol. The molecule has 1 aromatic heterocycles. The highest BCUT2D eigenvalue weighted by Crippen LogP contribution is 2.21. The molecule has 10 nitrogen and oxygen atoms in total. The Balaban J connectivity index is 2.06. The van der Waals surface area contributed by atoms with Gasteiger partial charge in [0.05, 0.1) is 5.75 Å². The Morgan fingerprint density at radius 2 is 2.12 bits per heavy atom. The number of pyridine rings is 1. The van der Waals surface area contributed by atoms with Gasteiger partial charge in [-0.3, -0.25) is 20.0 Å². The molecule has 11 heteroatoms. The summed E-state index contributed by atoms with van der Waals surface area (Å²) in [5.74, 6) is -1.04. The predicted octanol–water partition coefficient (Wildman–Crippen LogP) is 0.493. The minimum Gasteiger partial charge on any atom is -0.382 e. The van der Waals surface area contributed by atoms with E-state index >= 15 is 0 Å². The van der Waals surface area contributed by atoms with Crippen LogP contribution in [0, 0.1) is 11.3 Å². The number of likely N-dealkylation sites (tertiary alicyclic amines) is 1. The predicted molar refractivity (Wildman–Crippen MR) is 122 cm³/mol. The topological polar surface area (TPSA) is 158 Å². The fraction of sp³-hybridized carbons (Fsp3) is 0.524. The van der Waals surface area contributed by atoms with Crippen molar-refractivity contribution in [1.82, 2.24) is 19.9 Å². The first-order chi connectivity index (χ1) is 15.0. The summed E-state index contributed by atoms with van der Waals surface area (Å²) < 4.78 is 26.9. The van der Waals surface area contributed by atoms with E-state index in [0.29, 0.717) is 31.5 Å². The third-order valence-electron chi connectivity index (χ3n) is 5.07. The van der Waals surface area contributed by atoms with Crippen LogP contribution in [0.4, 0.5) is 0 Å². The second kappa shape index (κ2) is 11.2. The number of nitrogens with two attached hydrogens (primary N) is 1. The Labute approximate surface area is 189 Å². The van der Waals surface area contributed by atoms with Crippen LogP contribution < -0.4 is 15.8 Å². The number of sulfonamides is 1. The van der Waals surface area contributed by atoms with E-state index in [-0.39, 0.29) is 30.0 Å². The minimum atomic E-state index is -3.69. The molecular formula is C21H32N6O4S. The van der Waals surface area contributed by atoms with Crippen LogP contribution in [0.15, 0.2) is 31.0 Å². The Hall–Kier alpha value is -2.79. The third-order valence-corrected chi connectivity index (χ3v) is 6.39. The number of amidine groups is 1. The van der Waals surface area contributed by atoms with E-state index in [0.717, 1.165) is 5.56 Å². The number of carbonyl (C=O) groups is 2. The number of hydrogen-bond acceptors (Lipinski definition) is 6. The van der Waals surface area contributed by atoms with E-state index in [2.05, 4.69) is 21.6 Å². The van der Waals surface area contributed by atoms with Gasteiger partial charge in [0.15, 0.2) is 0 Å². The molecule has 32 heavy (non-hydrogen) atoms. The van der Waals surface area contributed by atoms with Crippen molar-refractivity contribution in [2.75, 3.05) is 12.3 Å². The molecule has 2 atom stereocenters. The van der Waals surface area contributed by atoms with Gasteiger partial charge in [0.1, 0.15) is 23.6 Å². The highest BCUT2D eigenvalue weighted by Gasteiger charge is 2.38. The van der Waals surface area contributed by atoms with Crippen LogP contribution in [-0.4, -0.2) is 60.3 Å². The van der Waals surface area contributed by atoms with Gasteiger partial charge in [-0.05, 0) is 36.8 Å². The van der Waals surface area contributed by atoms with Gasteiger partial charge in [0, 0.05) is 19.3 Å². The van der Waals surface area contributed by atoms with Gasteiger partial charge in [0.25, 0.3) is 0 Å². The summed E-state index contributed by atoms with van der Waals surface area (Å²) in [5.41, 5.74) is 6.47. The summed E-state index contributed by atoms with van der Waals surface area (Å²) in [7, 11) is -3.69. The fourth-order valence-electron chi connectivity index (χ4n) is 3.59. The van der Waals surface area contributed by atoms with E-state index in [4.69, 9.17) is 11.1 Å². The number of hydrogen-bond donors (Lipinski definition) is 4. The monoisotopic (exact) mass is 464 g/mol. The summed E-state index contributed by atoms with van der Waals surface area (Å²) in [4.78, 5) is 31.5. The van der Waals surface area contributed by atoms with Crippen molar-refractivity contribution in [2.45, 2.75) is 51.7 Å². The van der Waals surface area contributed by atoms with Crippen LogP contribution in [0.25, 0.3) is 0 Å². The standard InChI is InChI=1S/C21H32N6O4S/c1-4-10-32(30,31)26-17(11-14(2)3)21(29)27-9-5-6-18(27)20(28)25-13-15-7-8-16(19(22)23)24-12-15/h4,7-8,12,14,17-18,26H,1,5-6,9-11,13H2,2-3H3,(H3,22,23)(H,25,28)/t17?,18-/m0/s1. The molecule has 1 unspecified atom stereocenters. The Morgan fingerprint density at radius 1 is 1.41 bits per heavy atom. The van der Waals surface area contributed by atoms with Crippen LogP contribution in [0.2, 0.25) is 0 Å². The quantitative estimate of drug-likeness (QED) is 0.212.